The van der Waals surface area contributed by atoms with E-state index in [1.54, 1.807) is 38.5 Å². The number of amides is 2. The van der Waals surface area contributed by atoms with Crippen LogP contribution in [0.1, 0.15) is 31.2 Å². The monoisotopic (exact) mass is 526 g/mol. The van der Waals surface area contributed by atoms with Crippen molar-refractivity contribution in [1.82, 2.24) is 30.4 Å². The van der Waals surface area contributed by atoms with E-state index in [1.807, 2.05) is 18.2 Å². The Morgan fingerprint density at radius 3 is 2.51 bits per heavy atom. The normalized spacial score (nSPS) is 13.4. The van der Waals surface area contributed by atoms with E-state index in [4.69, 9.17) is 21.1 Å². The number of aromatic nitrogens is 4. The zero-order valence-corrected chi connectivity index (χ0v) is 21.8. The summed E-state index contributed by atoms with van der Waals surface area (Å²) in [5, 5.41) is 16.1. The molecule has 1 N–H and O–H groups in total. The lowest BCUT2D eigenvalue weighted by Gasteiger charge is -2.23. The lowest BCUT2D eigenvalue weighted by atomic mass is 10.1. The molecule has 0 spiro atoms. The molecule has 0 bridgehead atoms. The number of tetrazole rings is 1. The van der Waals surface area contributed by atoms with Gasteiger partial charge in [-0.2, -0.15) is 4.80 Å². The number of carbonyl (C=O) groups is 2. The standard InChI is InChI=1S/C26H31ClN6O4/c1-36-22-12-7-18(15-23(22)37-2)13-14-32(16-24(34)28-21-5-3-4-6-21)25(35)17-33-30-26(29-31-33)19-8-10-20(27)11-9-19/h7-12,15,21H,3-6,13-14,16-17H2,1-2H3,(H,28,34). The molecule has 3 aromatic rings. The molecule has 4 rings (SSSR count). The smallest absolute Gasteiger partial charge is 0.246 e. The highest BCUT2D eigenvalue weighted by molar-refractivity contribution is 6.30. The number of nitrogens with one attached hydrogen (secondary N) is 1. The number of methoxy groups -OCH3 is 2. The van der Waals surface area contributed by atoms with Crippen LogP contribution in [0.2, 0.25) is 5.02 Å². The summed E-state index contributed by atoms with van der Waals surface area (Å²) in [7, 11) is 3.16. The molecule has 1 saturated carbocycles. The minimum atomic E-state index is -0.276. The van der Waals surface area contributed by atoms with Gasteiger partial charge in [0.2, 0.25) is 17.6 Å². The van der Waals surface area contributed by atoms with Gasteiger partial charge in [0.05, 0.1) is 20.8 Å². The lowest BCUT2D eigenvalue weighted by molar-refractivity contribution is -0.137. The molecule has 196 valence electrons. The van der Waals surface area contributed by atoms with Crippen molar-refractivity contribution in [2.24, 2.45) is 0 Å². The van der Waals surface area contributed by atoms with Crippen molar-refractivity contribution in [2.45, 2.75) is 44.7 Å². The van der Waals surface area contributed by atoms with Crippen LogP contribution >= 0.6 is 11.6 Å². The van der Waals surface area contributed by atoms with Gasteiger partial charge in [-0.05, 0) is 66.4 Å². The molecule has 2 aromatic carbocycles. The van der Waals surface area contributed by atoms with Crippen LogP contribution in [0.4, 0.5) is 0 Å². The quantitative estimate of drug-likeness (QED) is 0.408. The van der Waals surface area contributed by atoms with Crippen molar-refractivity contribution >= 4 is 23.4 Å². The van der Waals surface area contributed by atoms with Gasteiger partial charge in [0.1, 0.15) is 6.54 Å². The molecule has 0 aliphatic heterocycles. The van der Waals surface area contributed by atoms with Gasteiger partial charge in [-0.25, -0.2) is 0 Å². The molecule has 11 heteroatoms. The summed E-state index contributed by atoms with van der Waals surface area (Å²) < 4.78 is 10.7. The molecular formula is C26H31ClN6O4. The Hall–Kier alpha value is -3.66. The number of rotatable bonds is 11. The van der Waals surface area contributed by atoms with Gasteiger partial charge in [0.25, 0.3) is 0 Å². The Bertz CT molecular complexity index is 1210. The Labute approximate surface area is 220 Å². The van der Waals surface area contributed by atoms with Crippen LogP contribution in [-0.2, 0) is 22.6 Å². The predicted octanol–water partition coefficient (Wildman–Crippen LogP) is 3.14. The fourth-order valence-corrected chi connectivity index (χ4v) is 4.48. The third-order valence-electron chi connectivity index (χ3n) is 6.36. The van der Waals surface area contributed by atoms with Crippen molar-refractivity contribution in [3.05, 3.63) is 53.1 Å². The van der Waals surface area contributed by atoms with Crippen LogP contribution in [0, 0.1) is 0 Å². The van der Waals surface area contributed by atoms with E-state index in [-0.39, 0.29) is 30.9 Å². The summed E-state index contributed by atoms with van der Waals surface area (Å²) in [5.41, 5.74) is 1.69. The number of ether oxygens (including phenoxy) is 2. The maximum absolute atomic E-state index is 13.3. The van der Waals surface area contributed by atoms with Crippen molar-refractivity contribution in [1.29, 1.82) is 0 Å². The summed E-state index contributed by atoms with van der Waals surface area (Å²) in [5.74, 6) is 1.19. The Morgan fingerprint density at radius 1 is 1.08 bits per heavy atom. The molecule has 1 aliphatic carbocycles. The van der Waals surface area contributed by atoms with E-state index in [0.717, 1.165) is 36.8 Å². The van der Waals surface area contributed by atoms with Gasteiger partial charge in [0.15, 0.2) is 11.5 Å². The third kappa shape index (κ3) is 7.19. The molecule has 0 radical (unpaired) electrons. The van der Waals surface area contributed by atoms with Crippen molar-refractivity contribution in [2.75, 3.05) is 27.3 Å². The average molecular weight is 527 g/mol. The minimum absolute atomic E-state index is 0.0403. The molecule has 10 nitrogen and oxygen atoms in total. The first kappa shape index (κ1) is 26.4. The summed E-state index contributed by atoms with van der Waals surface area (Å²) in [6.45, 7) is 0.162. The van der Waals surface area contributed by atoms with Gasteiger partial charge in [-0.1, -0.05) is 30.5 Å². The fraction of sp³-hybridized carbons (Fsp3) is 0.423. The van der Waals surface area contributed by atoms with Crippen LogP contribution in [-0.4, -0.2) is 70.3 Å². The van der Waals surface area contributed by atoms with Gasteiger partial charge in [-0.15, -0.1) is 10.2 Å². The number of hydrogen-bond acceptors (Lipinski definition) is 7. The molecule has 0 unspecified atom stereocenters. The second-order valence-electron chi connectivity index (χ2n) is 8.95. The van der Waals surface area contributed by atoms with Crippen LogP contribution in [0.25, 0.3) is 11.4 Å². The van der Waals surface area contributed by atoms with Crippen LogP contribution < -0.4 is 14.8 Å². The summed E-state index contributed by atoms with van der Waals surface area (Å²) in [6.07, 6.45) is 4.70. The van der Waals surface area contributed by atoms with E-state index in [9.17, 15) is 9.59 Å². The van der Waals surface area contributed by atoms with E-state index in [0.29, 0.717) is 35.3 Å². The van der Waals surface area contributed by atoms with Crippen molar-refractivity contribution in [3.8, 4) is 22.9 Å². The Morgan fingerprint density at radius 2 is 1.81 bits per heavy atom. The highest BCUT2D eigenvalue weighted by Gasteiger charge is 2.22. The zero-order valence-electron chi connectivity index (χ0n) is 21.0. The number of benzene rings is 2. The summed E-state index contributed by atoms with van der Waals surface area (Å²) >= 11 is 5.95. The average Bonchev–Trinajstić information content (AvgIpc) is 3.59. The maximum Gasteiger partial charge on any atom is 0.246 e. The topological polar surface area (TPSA) is 111 Å². The highest BCUT2D eigenvalue weighted by Crippen LogP contribution is 2.27. The molecule has 1 aliphatic rings. The molecule has 0 atom stereocenters. The fourth-order valence-electron chi connectivity index (χ4n) is 4.35. The van der Waals surface area contributed by atoms with Gasteiger partial charge < -0.3 is 19.7 Å². The van der Waals surface area contributed by atoms with E-state index < -0.39 is 0 Å². The minimum Gasteiger partial charge on any atom is -0.493 e. The summed E-state index contributed by atoms with van der Waals surface area (Å²) in [4.78, 5) is 28.8. The van der Waals surface area contributed by atoms with Gasteiger partial charge in [-0.3, -0.25) is 9.59 Å². The van der Waals surface area contributed by atoms with Crippen molar-refractivity contribution in [3.63, 3.8) is 0 Å². The molecule has 37 heavy (non-hydrogen) atoms. The van der Waals surface area contributed by atoms with Crippen LogP contribution in [0.5, 0.6) is 11.5 Å². The largest absolute Gasteiger partial charge is 0.493 e. The molecule has 1 fully saturated rings. The number of carbonyl (C=O) groups excluding carboxylic acids is 2. The summed E-state index contributed by atoms with van der Waals surface area (Å²) in [6, 6.07) is 12.8. The first-order chi connectivity index (χ1) is 17.9. The van der Waals surface area contributed by atoms with Gasteiger partial charge >= 0.3 is 0 Å². The first-order valence-electron chi connectivity index (χ1n) is 12.3. The third-order valence-corrected chi connectivity index (χ3v) is 6.61. The first-order valence-corrected chi connectivity index (χ1v) is 12.6. The van der Waals surface area contributed by atoms with E-state index >= 15 is 0 Å². The molecule has 1 heterocycles. The lowest BCUT2D eigenvalue weighted by Crippen LogP contribution is -2.45. The van der Waals surface area contributed by atoms with E-state index in [1.165, 1.54) is 9.70 Å². The second-order valence-corrected chi connectivity index (χ2v) is 9.39. The zero-order chi connectivity index (χ0) is 26.2. The Kier molecular flexibility index (Phi) is 8.95. The van der Waals surface area contributed by atoms with E-state index in [2.05, 4.69) is 20.7 Å². The SMILES string of the molecule is COc1ccc(CCN(CC(=O)NC2CCCC2)C(=O)Cn2nnc(-c3ccc(Cl)cc3)n2)cc1OC. The molecular weight excluding hydrogens is 496 g/mol. The molecule has 1 aromatic heterocycles. The highest BCUT2D eigenvalue weighted by atomic mass is 35.5. The predicted molar refractivity (Wildman–Crippen MR) is 138 cm³/mol. The maximum atomic E-state index is 13.3. The number of hydrogen-bond donors (Lipinski definition) is 1. The Balaban J connectivity index is 1.44. The van der Waals surface area contributed by atoms with Crippen LogP contribution in [0.15, 0.2) is 42.5 Å². The second kappa shape index (κ2) is 12.5. The number of nitrogens with zero attached hydrogens (tertiary/aromatic N) is 5. The van der Waals surface area contributed by atoms with Crippen LogP contribution in [0.3, 0.4) is 0 Å². The van der Waals surface area contributed by atoms with Crippen molar-refractivity contribution < 1.29 is 19.1 Å². The molecule has 0 saturated heterocycles. The van der Waals surface area contributed by atoms with Gasteiger partial charge in [0, 0.05) is 23.2 Å². The number of halogens is 1. The molecule has 2 amide bonds.